The molecule has 1 fully saturated rings. The third kappa shape index (κ3) is 2.12. The number of hydrogen-bond acceptors (Lipinski definition) is 5. The van der Waals surface area contributed by atoms with Gasteiger partial charge >= 0.3 is 0 Å². The number of nitrogens with zero attached hydrogens (tertiary/aromatic N) is 2. The molecule has 0 bridgehead atoms. The molecule has 6 heteroatoms. The Bertz CT molecular complexity index is 927. The van der Waals surface area contributed by atoms with Crippen LogP contribution in [0.5, 0.6) is 0 Å². The van der Waals surface area contributed by atoms with Gasteiger partial charge in [-0.05, 0) is 25.5 Å². The lowest BCUT2D eigenvalue weighted by atomic mass is 9.92. The van der Waals surface area contributed by atoms with Crippen molar-refractivity contribution in [1.29, 1.82) is 0 Å². The van der Waals surface area contributed by atoms with E-state index in [0.717, 1.165) is 4.57 Å². The van der Waals surface area contributed by atoms with Crippen molar-refractivity contribution in [3.05, 3.63) is 34.4 Å². The van der Waals surface area contributed by atoms with E-state index in [-0.39, 0.29) is 22.4 Å². The van der Waals surface area contributed by atoms with E-state index < -0.39 is 49.3 Å². The van der Waals surface area contributed by atoms with E-state index in [4.69, 9.17) is 9.85 Å². The quantitative estimate of drug-likeness (QED) is 0.627. The van der Waals surface area contributed by atoms with Crippen molar-refractivity contribution in [2.24, 2.45) is 0 Å². The number of aryl methyl sites for hydroxylation is 1. The Kier molecular flexibility index (Phi) is 2.35. The first kappa shape index (κ1) is 10.3. The number of nitrogen functional groups attached to an aromatic ring is 1. The van der Waals surface area contributed by atoms with Gasteiger partial charge in [-0.15, -0.1) is 0 Å². The summed E-state index contributed by atoms with van der Waals surface area (Å²) in [6.07, 6.45) is -2.30. The number of carbonyl (C=O) groups excluding carboxylic acids is 2. The van der Waals surface area contributed by atoms with Crippen molar-refractivity contribution in [2.45, 2.75) is 32.2 Å². The van der Waals surface area contributed by atoms with Gasteiger partial charge in [0.1, 0.15) is 11.6 Å². The van der Waals surface area contributed by atoms with Crippen molar-refractivity contribution >= 4 is 28.2 Å². The lowest BCUT2D eigenvalue weighted by Crippen LogP contribution is -2.36. The third-order valence-electron chi connectivity index (χ3n) is 3.45. The number of Topliss-reactive ketones (excluding diaryl/α,β-unsaturated/α-hetero) is 2. The van der Waals surface area contributed by atoms with Crippen molar-refractivity contribution in [3.8, 4) is 0 Å². The molecule has 21 heavy (non-hydrogen) atoms. The Morgan fingerprint density at radius 1 is 1.48 bits per heavy atom. The summed E-state index contributed by atoms with van der Waals surface area (Å²) in [7, 11) is 0. The Morgan fingerprint density at radius 2 is 2.29 bits per heavy atom. The summed E-state index contributed by atoms with van der Waals surface area (Å²) < 4.78 is 24.7. The molecular weight excluding hydrogens is 270 g/mol. The molecular formula is C15H15N3O3. The zero-order chi connectivity index (χ0) is 17.6. The van der Waals surface area contributed by atoms with Crippen LogP contribution >= 0.6 is 0 Å². The molecule has 2 atom stereocenters. The largest absolute Gasteiger partial charge is 0.398 e. The maximum atomic E-state index is 12.9. The highest BCUT2D eigenvalue weighted by molar-refractivity contribution is 6.03. The Hall–Kier alpha value is -2.50. The molecule has 2 unspecified atom stereocenters. The number of benzene rings is 1. The molecule has 0 amide bonds. The minimum absolute atomic E-state index is 0.0626. The standard InChI is InChI=1S/C15H15N3O3/c1-8-17-11-4-2-3-10(16)14(11)15(21)18(8)12-6-5-9(19)7-13(12)20/h2-4,12H,5-7,16H2,1H3/i1D,5D,12D. The summed E-state index contributed by atoms with van der Waals surface area (Å²) in [6.45, 7) is -0.426. The summed E-state index contributed by atoms with van der Waals surface area (Å²) in [6, 6.07) is 2.55. The van der Waals surface area contributed by atoms with Gasteiger partial charge in [0, 0.05) is 14.8 Å². The highest BCUT2D eigenvalue weighted by Gasteiger charge is 2.30. The molecule has 108 valence electrons. The first-order valence-electron chi connectivity index (χ1n) is 8.16. The fourth-order valence-corrected chi connectivity index (χ4v) is 2.45. The van der Waals surface area contributed by atoms with Crippen molar-refractivity contribution in [3.63, 3.8) is 0 Å². The molecule has 3 rings (SSSR count). The van der Waals surface area contributed by atoms with Crippen LogP contribution in [-0.2, 0) is 9.59 Å². The number of anilines is 1. The molecule has 1 aromatic carbocycles. The van der Waals surface area contributed by atoms with E-state index in [9.17, 15) is 14.4 Å². The lowest BCUT2D eigenvalue weighted by molar-refractivity contribution is -0.132. The van der Waals surface area contributed by atoms with Crippen LogP contribution in [0.4, 0.5) is 5.69 Å². The maximum Gasteiger partial charge on any atom is 0.264 e. The monoisotopic (exact) mass is 288 g/mol. The van der Waals surface area contributed by atoms with Crippen LogP contribution < -0.4 is 11.3 Å². The van der Waals surface area contributed by atoms with Crippen LogP contribution in [0.1, 0.15) is 35.2 Å². The van der Waals surface area contributed by atoms with Crippen LogP contribution in [0.3, 0.4) is 0 Å². The van der Waals surface area contributed by atoms with Crippen LogP contribution in [0.2, 0.25) is 0 Å². The predicted molar refractivity (Wildman–Crippen MR) is 78.1 cm³/mol. The van der Waals surface area contributed by atoms with E-state index in [2.05, 4.69) is 4.98 Å². The molecule has 1 aliphatic rings. The van der Waals surface area contributed by atoms with E-state index >= 15 is 0 Å². The summed E-state index contributed by atoms with van der Waals surface area (Å²) in [5.41, 5.74) is 5.57. The molecule has 0 aliphatic heterocycles. The topological polar surface area (TPSA) is 95.0 Å². The van der Waals surface area contributed by atoms with Gasteiger partial charge < -0.3 is 5.73 Å². The van der Waals surface area contributed by atoms with Crippen LogP contribution in [0.25, 0.3) is 10.9 Å². The van der Waals surface area contributed by atoms with Crippen LogP contribution in [-0.4, -0.2) is 21.1 Å². The fourth-order valence-electron chi connectivity index (χ4n) is 2.45. The molecule has 2 aromatic rings. The normalized spacial score (nSPS) is 28.2. The fraction of sp³-hybridized carbons (Fsp3) is 0.333. The van der Waals surface area contributed by atoms with Crippen molar-refractivity contribution in [2.75, 3.05) is 5.73 Å². The third-order valence-corrected chi connectivity index (χ3v) is 3.45. The molecule has 6 nitrogen and oxygen atoms in total. The number of fused-ring (bicyclic) bond motifs is 1. The molecule has 1 aliphatic carbocycles. The van der Waals surface area contributed by atoms with Gasteiger partial charge in [0.05, 0.1) is 24.7 Å². The summed E-state index contributed by atoms with van der Waals surface area (Å²) >= 11 is 0. The highest BCUT2D eigenvalue weighted by Crippen LogP contribution is 2.24. The molecule has 1 saturated carbocycles. The highest BCUT2D eigenvalue weighted by atomic mass is 16.2. The van der Waals surface area contributed by atoms with Crippen molar-refractivity contribution in [1.82, 2.24) is 9.55 Å². The van der Waals surface area contributed by atoms with Gasteiger partial charge in [0.15, 0.2) is 5.78 Å². The maximum absolute atomic E-state index is 12.9. The minimum atomic E-state index is -2.13. The van der Waals surface area contributed by atoms with Gasteiger partial charge in [0.2, 0.25) is 0 Å². The molecule has 0 radical (unpaired) electrons. The van der Waals surface area contributed by atoms with E-state index in [0.29, 0.717) is 0 Å². The molecule has 1 heterocycles. The second-order valence-corrected chi connectivity index (χ2v) is 4.83. The summed E-state index contributed by atoms with van der Waals surface area (Å²) in [4.78, 5) is 41.0. The minimum Gasteiger partial charge on any atom is -0.398 e. The van der Waals surface area contributed by atoms with Gasteiger partial charge in [0.25, 0.3) is 5.56 Å². The van der Waals surface area contributed by atoms with E-state index in [1.54, 1.807) is 12.1 Å². The van der Waals surface area contributed by atoms with Gasteiger partial charge in [-0.2, -0.15) is 0 Å². The second kappa shape index (κ2) is 4.80. The first-order valence-corrected chi connectivity index (χ1v) is 6.37. The van der Waals surface area contributed by atoms with Crippen LogP contribution in [0.15, 0.2) is 23.0 Å². The average molecular weight is 288 g/mol. The average Bonchev–Trinajstić information content (AvgIpc) is 2.52. The molecule has 0 spiro atoms. The molecule has 1 aromatic heterocycles. The lowest BCUT2D eigenvalue weighted by Gasteiger charge is -2.24. The predicted octanol–water partition coefficient (Wildman–Crippen LogP) is 1.15. The Labute approximate surface area is 124 Å². The van der Waals surface area contributed by atoms with Gasteiger partial charge in [-0.25, -0.2) is 4.98 Å². The van der Waals surface area contributed by atoms with Crippen LogP contribution in [0, 0.1) is 6.90 Å². The number of hydrogen-bond donors (Lipinski definition) is 1. The SMILES string of the molecule is [2H]Cc1nc2cccc(N)c2c(=O)n1C1([2H])CC([2H])C(=O)CC1=O. The smallest absolute Gasteiger partial charge is 0.264 e. The second-order valence-electron chi connectivity index (χ2n) is 4.83. The Balaban J connectivity index is 2.35. The number of carbonyl (C=O) groups is 2. The molecule has 2 N–H and O–H groups in total. The number of ketones is 2. The van der Waals surface area contributed by atoms with Gasteiger partial charge in [-0.3, -0.25) is 19.0 Å². The Morgan fingerprint density at radius 3 is 3.05 bits per heavy atom. The number of rotatable bonds is 1. The summed E-state index contributed by atoms with van der Waals surface area (Å²) in [5.74, 6) is -1.41. The van der Waals surface area contributed by atoms with E-state index in [1.165, 1.54) is 6.07 Å². The first-order chi connectivity index (χ1) is 11.3. The summed E-state index contributed by atoms with van der Waals surface area (Å²) in [5, 5.41) is 0.0626. The zero-order valence-electron chi connectivity index (χ0n) is 14.1. The van der Waals surface area contributed by atoms with Crippen molar-refractivity contribution < 1.29 is 13.7 Å². The zero-order valence-corrected chi connectivity index (χ0v) is 11.1. The van der Waals surface area contributed by atoms with Gasteiger partial charge in [-0.1, -0.05) is 6.07 Å². The number of nitrogens with two attached hydrogens (primary N) is 1. The van der Waals surface area contributed by atoms with E-state index in [1.807, 2.05) is 0 Å². The number of aromatic nitrogens is 2. The molecule has 0 saturated heterocycles.